The molecule has 29 heavy (non-hydrogen) atoms. The number of aromatic nitrogens is 3. The summed E-state index contributed by atoms with van der Waals surface area (Å²) in [5.41, 5.74) is 0.624. The lowest BCUT2D eigenvalue weighted by atomic mass is 9.92. The van der Waals surface area contributed by atoms with E-state index in [9.17, 15) is 9.59 Å². The van der Waals surface area contributed by atoms with Crippen molar-refractivity contribution >= 4 is 34.9 Å². The number of pyridine rings is 1. The van der Waals surface area contributed by atoms with Crippen molar-refractivity contribution in [3.05, 3.63) is 12.1 Å². The number of nitrogens with zero attached hydrogens (tertiary/aromatic N) is 3. The Hall–Kier alpha value is -2.64. The summed E-state index contributed by atoms with van der Waals surface area (Å²) < 4.78 is 7.28. The summed E-state index contributed by atoms with van der Waals surface area (Å²) in [6.07, 6.45) is 3.01. The van der Waals surface area contributed by atoms with E-state index in [2.05, 4.69) is 20.6 Å². The number of hydrogen-bond acceptors (Lipinski definition) is 5. The highest BCUT2D eigenvalue weighted by Crippen LogP contribution is 2.37. The van der Waals surface area contributed by atoms with Crippen molar-refractivity contribution < 1.29 is 14.3 Å². The van der Waals surface area contributed by atoms with Gasteiger partial charge in [0.25, 0.3) is 0 Å². The fourth-order valence-corrected chi connectivity index (χ4v) is 3.18. The van der Waals surface area contributed by atoms with Gasteiger partial charge < -0.3 is 4.74 Å². The van der Waals surface area contributed by atoms with Crippen molar-refractivity contribution in [1.29, 1.82) is 0 Å². The first-order valence-electron chi connectivity index (χ1n) is 10.1. The minimum absolute atomic E-state index is 0.0690. The van der Waals surface area contributed by atoms with E-state index in [0.717, 1.165) is 19.3 Å². The topological polar surface area (TPSA) is 98.1 Å². The van der Waals surface area contributed by atoms with Crippen LogP contribution in [-0.4, -0.2) is 32.1 Å². The molecular formula is C21H31N5O3. The van der Waals surface area contributed by atoms with Crippen molar-refractivity contribution in [2.24, 2.45) is 5.41 Å². The maximum absolute atomic E-state index is 12.5. The largest absolute Gasteiger partial charge is 0.444 e. The third-order valence-electron chi connectivity index (χ3n) is 4.55. The molecule has 3 rings (SSSR count). The van der Waals surface area contributed by atoms with Crippen LogP contribution in [-0.2, 0) is 9.53 Å². The number of hydrogen-bond donors (Lipinski definition) is 2. The van der Waals surface area contributed by atoms with E-state index < -0.39 is 11.7 Å². The molecule has 0 unspecified atom stereocenters. The second-order valence-electron chi connectivity index (χ2n) is 9.84. The Bertz CT molecular complexity index is 917. The second-order valence-corrected chi connectivity index (χ2v) is 9.84. The van der Waals surface area contributed by atoms with E-state index in [1.165, 1.54) is 0 Å². The maximum atomic E-state index is 12.5. The van der Waals surface area contributed by atoms with Gasteiger partial charge in [-0.1, -0.05) is 20.8 Å². The Morgan fingerprint density at radius 1 is 1.10 bits per heavy atom. The van der Waals surface area contributed by atoms with E-state index >= 15 is 0 Å². The molecule has 2 N–H and O–H groups in total. The number of amides is 2. The maximum Gasteiger partial charge on any atom is 0.413 e. The fourth-order valence-electron chi connectivity index (χ4n) is 3.18. The normalized spacial score (nSPS) is 15.1. The number of ether oxygens (including phenoxy) is 1. The zero-order valence-electron chi connectivity index (χ0n) is 18.1. The zero-order valence-corrected chi connectivity index (χ0v) is 18.1. The first kappa shape index (κ1) is 21.1. The average molecular weight is 402 g/mol. The van der Waals surface area contributed by atoms with E-state index in [1.54, 1.807) is 32.9 Å². The molecule has 0 bridgehead atoms. The lowest BCUT2D eigenvalue weighted by Gasteiger charge is -2.28. The first-order chi connectivity index (χ1) is 13.4. The number of nitrogens with one attached hydrogen (secondary N) is 2. The highest BCUT2D eigenvalue weighted by atomic mass is 16.6. The SMILES string of the molecule is CC(C)(C)CC(=O)Nc1nc2ccc(NC(=O)OC(C)(C)C)nc2n1C1CCC1. The van der Waals surface area contributed by atoms with Crippen molar-refractivity contribution in [1.82, 2.24) is 14.5 Å². The van der Waals surface area contributed by atoms with Crippen LogP contribution in [0.5, 0.6) is 0 Å². The molecule has 0 atom stereocenters. The molecule has 2 amide bonds. The van der Waals surface area contributed by atoms with Gasteiger partial charge in [-0.2, -0.15) is 0 Å². The van der Waals surface area contributed by atoms with Gasteiger partial charge in [-0.05, 0) is 57.6 Å². The molecule has 8 heteroatoms. The van der Waals surface area contributed by atoms with Gasteiger partial charge in [0, 0.05) is 12.5 Å². The van der Waals surface area contributed by atoms with Crippen molar-refractivity contribution in [2.45, 2.75) is 78.9 Å². The Labute approximate surface area is 171 Å². The number of fused-ring (bicyclic) bond motifs is 1. The average Bonchev–Trinajstić information content (AvgIpc) is 2.79. The smallest absolute Gasteiger partial charge is 0.413 e. The number of carbonyl (C=O) groups is 2. The highest BCUT2D eigenvalue weighted by Gasteiger charge is 2.27. The Kier molecular flexibility index (Phi) is 5.56. The van der Waals surface area contributed by atoms with Crippen molar-refractivity contribution in [3.8, 4) is 0 Å². The molecular weight excluding hydrogens is 370 g/mol. The summed E-state index contributed by atoms with van der Waals surface area (Å²) in [4.78, 5) is 33.7. The molecule has 2 aromatic heterocycles. The van der Waals surface area contributed by atoms with Gasteiger partial charge in [-0.15, -0.1) is 0 Å². The molecule has 1 saturated carbocycles. The van der Waals surface area contributed by atoms with Gasteiger partial charge in [-0.25, -0.2) is 14.8 Å². The van der Waals surface area contributed by atoms with Crippen LogP contribution in [0.2, 0.25) is 0 Å². The van der Waals surface area contributed by atoms with E-state index in [-0.39, 0.29) is 17.4 Å². The summed E-state index contributed by atoms with van der Waals surface area (Å²) in [6, 6.07) is 3.73. The Morgan fingerprint density at radius 2 is 1.79 bits per heavy atom. The molecule has 0 spiro atoms. The lowest BCUT2D eigenvalue weighted by Crippen LogP contribution is -2.27. The van der Waals surface area contributed by atoms with Crippen LogP contribution >= 0.6 is 0 Å². The molecule has 0 saturated heterocycles. The van der Waals surface area contributed by atoms with E-state index in [0.29, 0.717) is 29.4 Å². The van der Waals surface area contributed by atoms with Crippen LogP contribution in [0.3, 0.4) is 0 Å². The monoisotopic (exact) mass is 401 g/mol. The van der Waals surface area contributed by atoms with Crippen molar-refractivity contribution in [2.75, 3.05) is 10.6 Å². The third kappa shape index (κ3) is 5.46. The number of carbonyl (C=O) groups excluding carboxylic acids is 2. The Balaban J connectivity index is 1.89. The van der Waals surface area contributed by atoms with Gasteiger partial charge in [0.05, 0.1) is 0 Å². The molecule has 158 valence electrons. The van der Waals surface area contributed by atoms with E-state index in [4.69, 9.17) is 4.74 Å². The van der Waals surface area contributed by atoms with Crippen LogP contribution in [0.4, 0.5) is 16.6 Å². The summed E-state index contributed by atoms with van der Waals surface area (Å²) in [5, 5.41) is 5.63. The van der Waals surface area contributed by atoms with Gasteiger partial charge in [0.2, 0.25) is 11.9 Å². The van der Waals surface area contributed by atoms with Gasteiger partial charge in [-0.3, -0.25) is 20.0 Å². The van der Waals surface area contributed by atoms with Crippen LogP contribution in [0.15, 0.2) is 12.1 Å². The fraction of sp³-hybridized carbons (Fsp3) is 0.619. The number of anilines is 2. The van der Waals surface area contributed by atoms with Gasteiger partial charge >= 0.3 is 6.09 Å². The predicted octanol–water partition coefficient (Wildman–Crippen LogP) is 4.88. The quantitative estimate of drug-likeness (QED) is 0.761. The summed E-state index contributed by atoms with van der Waals surface area (Å²) in [5.74, 6) is 0.834. The first-order valence-corrected chi connectivity index (χ1v) is 10.1. The van der Waals surface area contributed by atoms with Crippen LogP contribution in [0.25, 0.3) is 11.2 Å². The second kappa shape index (κ2) is 7.65. The molecule has 2 aromatic rings. The molecule has 0 radical (unpaired) electrons. The van der Waals surface area contributed by atoms with E-state index in [1.807, 2.05) is 25.3 Å². The zero-order chi connectivity index (χ0) is 21.4. The predicted molar refractivity (Wildman–Crippen MR) is 113 cm³/mol. The molecule has 1 aliphatic carbocycles. The Morgan fingerprint density at radius 3 is 2.34 bits per heavy atom. The molecule has 0 aliphatic heterocycles. The molecule has 2 heterocycles. The minimum atomic E-state index is -0.591. The van der Waals surface area contributed by atoms with Crippen LogP contribution in [0, 0.1) is 5.41 Å². The van der Waals surface area contributed by atoms with Crippen LogP contribution < -0.4 is 10.6 Å². The highest BCUT2D eigenvalue weighted by molar-refractivity contribution is 5.92. The number of rotatable bonds is 4. The van der Waals surface area contributed by atoms with Crippen LogP contribution in [0.1, 0.15) is 73.3 Å². The van der Waals surface area contributed by atoms with Crippen molar-refractivity contribution in [3.63, 3.8) is 0 Å². The molecule has 0 aromatic carbocycles. The number of imidazole rings is 1. The van der Waals surface area contributed by atoms with Gasteiger partial charge in [0.1, 0.15) is 16.9 Å². The standard InChI is InChI=1S/C21H31N5O3/c1-20(2,3)12-16(27)25-18-22-14-10-11-15(24-19(28)29-21(4,5)6)23-17(14)26(18)13-8-7-9-13/h10-11,13H,7-9,12H2,1-6H3,(H,22,25,27)(H,23,24,28). The lowest BCUT2D eigenvalue weighted by molar-refractivity contribution is -0.117. The minimum Gasteiger partial charge on any atom is -0.444 e. The third-order valence-corrected chi connectivity index (χ3v) is 4.55. The summed E-state index contributed by atoms with van der Waals surface area (Å²) in [7, 11) is 0. The summed E-state index contributed by atoms with van der Waals surface area (Å²) >= 11 is 0. The van der Waals surface area contributed by atoms with Gasteiger partial charge in [0.15, 0.2) is 5.65 Å². The molecule has 8 nitrogen and oxygen atoms in total. The molecule has 1 fully saturated rings. The molecule has 1 aliphatic rings. The summed E-state index contributed by atoms with van der Waals surface area (Å²) in [6.45, 7) is 11.5.